The van der Waals surface area contributed by atoms with Crippen molar-refractivity contribution in [3.8, 4) is 11.4 Å². The summed E-state index contributed by atoms with van der Waals surface area (Å²) < 4.78 is 40.7. The summed E-state index contributed by atoms with van der Waals surface area (Å²) in [5, 5.41) is 3.89. The molecule has 1 fully saturated rings. The van der Waals surface area contributed by atoms with Gasteiger partial charge in [-0.1, -0.05) is 5.16 Å². The quantitative estimate of drug-likeness (QED) is 0.632. The molecule has 0 radical (unpaired) electrons. The Balaban J connectivity index is 1.39. The van der Waals surface area contributed by atoms with Gasteiger partial charge in [0.2, 0.25) is 17.6 Å². The normalized spacial score (nSPS) is 15.6. The number of hydrogen-bond donors (Lipinski definition) is 0. The molecule has 3 rings (SSSR count). The fourth-order valence-electron chi connectivity index (χ4n) is 3.14. The molecule has 0 unspecified atom stereocenters. The molecule has 10 heteroatoms. The summed E-state index contributed by atoms with van der Waals surface area (Å²) >= 11 is 0. The number of aromatic nitrogens is 2. The van der Waals surface area contributed by atoms with E-state index in [-0.39, 0.29) is 17.5 Å². The highest BCUT2D eigenvalue weighted by Gasteiger charge is 2.21. The van der Waals surface area contributed by atoms with Gasteiger partial charge in [-0.25, -0.2) is 12.8 Å². The summed E-state index contributed by atoms with van der Waals surface area (Å²) in [6.45, 7) is 3.10. The zero-order valence-electron chi connectivity index (χ0n) is 16.4. The van der Waals surface area contributed by atoms with Gasteiger partial charge in [-0.2, -0.15) is 4.98 Å². The van der Waals surface area contributed by atoms with Crippen LogP contribution in [0.4, 0.5) is 4.39 Å². The Morgan fingerprint density at radius 2 is 1.86 bits per heavy atom. The maximum absolute atomic E-state index is 13.0. The largest absolute Gasteiger partial charge is 0.340 e. The van der Waals surface area contributed by atoms with E-state index in [4.69, 9.17) is 4.52 Å². The van der Waals surface area contributed by atoms with Crippen molar-refractivity contribution in [2.75, 3.05) is 44.7 Å². The first-order valence-electron chi connectivity index (χ1n) is 9.56. The minimum Gasteiger partial charge on any atom is -0.340 e. The van der Waals surface area contributed by atoms with Crippen molar-refractivity contribution in [1.29, 1.82) is 0 Å². The molecule has 1 saturated heterocycles. The van der Waals surface area contributed by atoms with E-state index in [2.05, 4.69) is 15.0 Å². The number of nitrogens with zero attached hydrogens (tertiary/aromatic N) is 4. The fourth-order valence-corrected chi connectivity index (χ4v) is 3.73. The van der Waals surface area contributed by atoms with E-state index in [1.54, 1.807) is 12.1 Å². The van der Waals surface area contributed by atoms with Crippen LogP contribution in [0.25, 0.3) is 11.4 Å². The van der Waals surface area contributed by atoms with Crippen LogP contribution in [0.15, 0.2) is 28.8 Å². The third-order valence-electron chi connectivity index (χ3n) is 4.86. The van der Waals surface area contributed by atoms with Crippen LogP contribution in [-0.4, -0.2) is 79.0 Å². The molecule has 158 valence electrons. The maximum Gasteiger partial charge on any atom is 0.226 e. The van der Waals surface area contributed by atoms with Crippen LogP contribution in [0.2, 0.25) is 0 Å². The molecule has 1 aliphatic heterocycles. The molecule has 8 nitrogen and oxygen atoms in total. The average molecular weight is 424 g/mol. The van der Waals surface area contributed by atoms with E-state index in [0.717, 1.165) is 0 Å². The number of amides is 1. The average Bonchev–Trinajstić information content (AvgIpc) is 3.15. The first-order valence-corrected chi connectivity index (χ1v) is 11.6. The molecule has 1 aromatic carbocycles. The first-order chi connectivity index (χ1) is 13.8. The molecule has 1 aromatic heterocycles. The zero-order chi connectivity index (χ0) is 20.9. The summed E-state index contributed by atoms with van der Waals surface area (Å²) in [6.07, 6.45) is 2.71. The summed E-state index contributed by atoms with van der Waals surface area (Å²) in [6, 6.07) is 5.85. The molecule has 2 heterocycles. The lowest BCUT2D eigenvalue weighted by Gasteiger charge is -2.34. The van der Waals surface area contributed by atoms with Crippen molar-refractivity contribution in [3.05, 3.63) is 36.0 Å². The number of hydrogen-bond acceptors (Lipinski definition) is 7. The first kappa shape index (κ1) is 21.4. The van der Waals surface area contributed by atoms with Gasteiger partial charge >= 0.3 is 0 Å². The predicted octanol–water partition coefficient (Wildman–Crippen LogP) is 1.39. The molecule has 0 N–H and O–H groups in total. The molecule has 0 spiro atoms. The second kappa shape index (κ2) is 9.45. The van der Waals surface area contributed by atoms with Gasteiger partial charge in [0.15, 0.2) is 0 Å². The fraction of sp³-hybridized carbons (Fsp3) is 0.526. The predicted molar refractivity (Wildman–Crippen MR) is 105 cm³/mol. The van der Waals surface area contributed by atoms with Gasteiger partial charge in [0.05, 0.1) is 5.75 Å². The van der Waals surface area contributed by atoms with Gasteiger partial charge in [0, 0.05) is 57.4 Å². The number of rotatable bonds is 8. The Bertz CT molecular complexity index is 922. The number of benzene rings is 1. The number of carbonyl (C=O) groups is 1. The van der Waals surface area contributed by atoms with E-state index in [9.17, 15) is 17.6 Å². The molecular weight excluding hydrogens is 399 g/mol. The van der Waals surface area contributed by atoms with Crippen molar-refractivity contribution in [1.82, 2.24) is 19.9 Å². The summed E-state index contributed by atoms with van der Waals surface area (Å²) in [5.74, 6) is 0.739. The second-order valence-corrected chi connectivity index (χ2v) is 9.48. The van der Waals surface area contributed by atoms with Crippen molar-refractivity contribution >= 4 is 15.7 Å². The third-order valence-corrected chi connectivity index (χ3v) is 5.78. The number of halogens is 1. The van der Waals surface area contributed by atoms with E-state index >= 15 is 0 Å². The number of carbonyl (C=O) groups excluding carboxylic acids is 1. The van der Waals surface area contributed by atoms with Crippen LogP contribution < -0.4 is 0 Å². The smallest absolute Gasteiger partial charge is 0.226 e. The van der Waals surface area contributed by atoms with Crippen LogP contribution in [0.1, 0.15) is 18.7 Å². The molecule has 0 aliphatic carbocycles. The SMILES string of the molecule is CS(=O)(=O)CCN1CCN(C(=O)CCCc2nc(-c3ccc(F)cc3)no2)CC1. The topological polar surface area (TPSA) is 96.6 Å². The molecule has 1 aliphatic rings. The minimum absolute atomic E-state index is 0.0750. The van der Waals surface area contributed by atoms with E-state index in [1.165, 1.54) is 18.4 Å². The standard InChI is InChI=1S/C19H25FN4O4S/c1-29(26,27)14-13-23-9-11-24(12-10-23)18(25)4-2-3-17-21-19(22-28-17)15-5-7-16(20)8-6-15/h5-8H,2-4,9-14H2,1H3. The molecule has 1 amide bonds. The molecule has 0 bridgehead atoms. The summed E-state index contributed by atoms with van der Waals surface area (Å²) in [7, 11) is -2.97. The van der Waals surface area contributed by atoms with Gasteiger partial charge in [0.25, 0.3) is 0 Å². The van der Waals surface area contributed by atoms with Crippen LogP contribution in [0.5, 0.6) is 0 Å². The van der Waals surface area contributed by atoms with Gasteiger partial charge < -0.3 is 9.42 Å². The van der Waals surface area contributed by atoms with Crippen LogP contribution in [-0.2, 0) is 21.1 Å². The Morgan fingerprint density at radius 3 is 2.52 bits per heavy atom. The summed E-state index contributed by atoms with van der Waals surface area (Å²) in [5.41, 5.74) is 0.672. The second-order valence-electron chi connectivity index (χ2n) is 7.22. The Hall–Kier alpha value is -2.33. The Labute approximate surface area is 169 Å². The van der Waals surface area contributed by atoms with Crippen molar-refractivity contribution in [2.24, 2.45) is 0 Å². The summed E-state index contributed by atoms with van der Waals surface area (Å²) in [4.78, 5) is 20.6. The highest BCUT2D eigenvalue weighted by molar-refractivity contribution is 7.90. The molecule has 2 aromatic rings. The molecule has 29 heavy (non-hydrogen) atoms. The highest BCUT2D eigenvalue weighted by atomic mass is 32.2. The molecular formula is C19H25FN4O4S. The van der Waals surface area contributed by atoms with E-state index in [0.29, 0.717) is 69.3 Å². The lowest BCUT2D eigenvalue weighted by atomic mass is 10.2. The third kappa shape index (κ3) is 6.60. The van der Waals surface area contributed by atoms with Crippen LogP contribution in [0, 0.1) is 5.82 Å². The van der Waals surface area contributed by atoms with Crippen LogP contribution >= 0.6 is 0 Å². The minimum atomic E-state index is -2.97. The monoisotopic (exact) mass is 424 g/mol. The van der Waals surface area contributed by atoms with Gasteiger partial charge in [-0.15, -0.1) is 0 Å². The van der Waals surface area contributed by atoms with E-state index < -0.39 is 9.84 Å². The van der Waals surface area contributed by atoms with Gasteiger partial charge in [-0.05, 0) is 30.7 Å². The van der Waals surface area contributed by atoms with Crippen molar-refractivity contribution in [2.45, 2.75) is 19.3 Å². The lowest BCUT2D eigenvalue weighted by molar-refractivity contribution is -0.133. The van der Waals surface area contributed by atoms with Gasteiger partial charge in [-0.3, -0.25) is 9.69 Å². The maximum atomic E-state index is 13.0. The number of piperazine rings is 1. The van der Waals surface area contributed by atoms with E-state index in [1.807, 2.05) is 4.90 Å². The van der Waals surface area contributed by atoms with Crippen molar-refractivity contribution in [3.63, 3.8) is 0 Å². The molecule has 0 saturated carbocycles. The van der Waals surface area contributed by atoms with Crippen LogP contribution in [0.3, 0.4) is 0 Å². The lowest BCUT2D eigenvalue weighted by Crippen LogP contribution is -2.49. The Morgan fingerprint density at radius 1 is 1.17 bits per heavy atom. The number of sulfone groups is 1. The number of aryl methyl sites for hydroxylation is 1. The zero-order valence-corrected chi connectivity index (χ0v) is 17.2. The van der Waals surface area contributed by atoms with Crippen molar-refractivity contribution < 1.29 is 22.1 Å². The highest BCUT2D eigenvalue weighted by Crippen LogP contribution is 2.17. The van der Waals surface area contributed by atoms with Gasteiger partial charge in [0.1, 0.15) is 15.7 Å². The molecule has 0 atom stereocenters. The Kier molecular flexibility index (Phi) is 6.96.